The lowest BCUT2D eigenvalue weighted by Crippen LogP contribution is -2.10. The molecule has 0 fully saturated rings. The summed E-state index contributed by atoms with van der Waals surface area (Å²) >= 11 is 0. The van der Waals surface area contributed by atoms with Crippen LogP contribution in [0.2, 0.25) is 0 Å². The number of hydrogen-bond donors (Lipinski definition) is 0. The van der Waals surface area contributed by atoms with E-state index in [4.69, 9.17) is 4.98 Å². The van der Waals surface area contributed by atoms with Crippen LogP contribution in [0.4, 0.5) is 0 Å². The summed E-state index contributed by atoms with van der Waals surface area (Å²) < 4.78 is 0. The molecule has 0 aliphatic heterocycles. The topological polar surface area (TPSA) is 25.8 Å². The van der Waals surface area contributed by atoms with Crippen LogP contribution in [0.15, 0.2) is 60.8 Å². The summed E-state index contributed by atoms with van der Waals surface area (Å²) in [7, 11) is 0. The minimum Gasteiger partial charge on any atom is -0.237 e. The minimum atomic E-state index is 0.160. The van der Waals surface area contributed by atoms with Gasteiger partial charge in [-0.25, -0.2) is 9.97 Å². The Labute approximate surface area is 151 Å². The summed E-state index contributed by atoms with van der Waals surface area (Å²) in [4.78, 5) is 9.22. The van der Waals surface area contributed by atoms with Crippen molar-refractivity contribution >= 4 is 0 Å². The van der Waals surface area contributed by atoms with Crippen molar-refractivity contribution in [1.29, 1.82) is 0 Å². The highest BCUT2D eigenvalue weighted by atomic mass is 14.9. The third kappa shape index (κ3) is 3.96. The standard InChI is InChI=1S/C23H26N2/c1-16(2)17-6-8-19(9-7-17)22-24-15-14-21(25-22)18-10-12-20(13-11-18)23(3,4)5/h6-16H,1-5H3. The molecule has 0 bridgehead atoms. The third-order valence-corrected chi connectivity index (χ3v) is 4.54. The maximum Gasteiger partial charge on any atom is 0.159 e. The summed E-state index contributed by atoms with van der Waals surface area (Å²) in [5.41, 5.74) is 5.95. The van der Waals surface area contributed by atoms with E-state index < -0.39 is 0 Å². The maximum absolute atomic E-state index is 4.77. The lowest BCUT2D eigenvalue weighted by atomic mass is 9.86. The van der Waals surface area contributed by atoms with Crippen molar-refractivity contribution in [3.8, 4) is 22.6 Å². The highest BCUT2D eigenvalue weighted by molar-refractivity contribution is 5.64. The van der Waals surface area contributed by atoms with Crippen LogP contribution in [-0.2, 0) is 5.41 Å². The quantitative estimate of drug-likeness (QED) is 0.568. The first kappa shape index (κ1) is 17.3. The van der Waals surface area contributed by atoms with Crippen LogP contribution < -0.4 is 0 Å². The average Bonchev–Trinajstić information content (AvgIpc) is 2.61. The molecule has 25 heavy (non-hydrogen) atoms. The van der Waals surface area contributed by atoms with Gasteiger partial charge in [0, 0.05) is 17.3 Å². The SMILES string of the molecule is CC(C)c1ccc(-c2nccc(-c3ccc(C(C)(C)C)cc3)n2)cc1. The average molecular weight is 330 g/mol. The Balaban J connectivity index is 1.91. The molecule has 0 N–H and O–H groups in total. The van der Waals surface area contributed by atoms with Gasteiger partial charge in [0.15, 0.2) is 5.82 Å². The lowest BCUT2D eigenvalue weighted by Gasteiger charge is -2.19. The van der Waals surface area contributed by atoms with E-state index in [-0.39, 0.29) is 5.41 Å². The van der Waals surface area contributed by atoms with E-state index in [1.807, 2.05) is 12.3 Å². The predicted molar refractivity (Wildman–Crippen MR) is 106 cm³/mol. The highest BCUT2D eigenvalue weighted by Crippen LogP contribution is 2.26. The molecule has 3 rings (SSSR count). The van der Waals surface area contributed by atoms with E-state index >= 15 is 0 Å². The van der Waals surface area contributed by atoms with E-state index in [0.717, 1.165) is 22.6 Å². The van der Waals surface area contributed by atoms with E-state index in [1.54, 1.807) is 0 Å². The van der Waals surface area contributed by atoms with E-state index in [1.165, 1.54) is 11.1 Å². The fourth-order valence-electron chi connectivity index (χ4n) is 2.82. The lowest BCUT2D eigenvalue weighted by molar-refractivity contribution is 0.590. The first-order valence-electron chi connectivity index (χ1n) is 8.89. The van der Waals surface area contributed by atoms with Gasteiger partial charge in [-0.1, -0.05) is 83.1 Å². The maximum atomic E-state index is 4.77. The molecule has 2 nitrogen and oxygen atoms in total. The summed E-state index contributed by atoms with van der Waals surface area (Å²) in [5, 5.41) is 0. The molecule has 3 aromatic rings. The molecule has 0 amide bonds. The van der Waals surface area contributed by atoms with Crippen LogP contribution in [0.25, 0.3) is 22.6 Å². The second-order valence-corrected chi connectivity index (χ2v) is 7.87. The highest BCUT2D eigenvalue weighted by Gasteiger charge is 2.13. The Bertz CT molecular complexity index is 839. The van der Waals surface area contributed by atoms with Crippen LogP contribution in [0.5, 0.6) is 0 Å². The predicted octanol–water partition coefficient (Wildman–Crippen LogP) is 6.23. The Hall–Kier alpha value is -2.48. The molecule has 0 aliphatic carbocycles. The van der Waals surface area contributed by atoms with Crippen LogP contribution >= 0.6 is 0 Å². The van der Waals surface area contributed by atoms with Crippen molar-refractivity contribution in [2.45, 2.75) is 46.0 Å². The number of benzene rings is 2. The van der Waals surface area contributed by atoms with Crippen LogP contribution in [0.3, 0.4) is 0 Å². The van der Waals surface area contributed by atoms with E-state index in [2.05, 4.69) is 88.1 Å². The number of aromatic nitrogens is 2. The summed E-state index contributed by atoms with van der Waals surface area (Å²) in [6, 6.07) is 19.2. The van der Waals surface area contributed by atoms with Gasteiger partial charge in [0.25, 0.3) is 0 Å². The van der Waals surface area contributed by atoms with Gasteiger partial charge >= 0.3 is 0 Å². The molecule has 0 aliphatic rings. The number of rotatable bonds is 3. The largest absolute Gasteiger partial charge is 0.237 e. The van der Waals surface area contributed by atoms with Gasteiger partial charge in [0.05, 0.1) is 5.69 Å². The molecule has 2 heteroatoms. The van der Waals surface area contributed by atoms with Gasteiger partial charge in [0.1, 0.15) is 0 Å². The molecular weight excluding hydrogens is 304 g/mol. The first-order chi connectivity index (χ1) is 11.8. The normalized spacial score (nSPS) is 11.8. The van der Waals surface area contributed by atoms with Gasteiger partial charge < -0.3 is 0 Å². The summed E-state index contributed by atoms with van der Waals surface area (Å²) in [5.74, 6) is 1.30. The van der Waals surface area contributed by atoms with Crippen molar-refractivity contribution < 1.29 is 0 Å². The zero-order chi connectivity index (χ0) is 18.0. The van der Waals surface area contributed by atoms with E-state index in [0.29, 0.717) is 5.92 Å². The zero-order valence-corrected chi connectivity index (χ0v) is 15.7. The van der Waals surface area contributed by atoms with Crippen LogP contribution in [0, 0.1) is 0 Å². The van der Waals surface area contributed by atoms with E-state index in [9.17, 15) is 0 Å². The monoisotopic (exact) mass is 330 g/mol. The van der Waals surface area contributed by atoms with Crippen molar-refractivity contribution in [1.82, 2.24) is 9.97 Å². The molecule has 1 heterocycles. The molecule has 0 saturated carbocycles. The fraction of sp³-hybridized carbons (Fsp3) is 0.304. The Kier molecular flexibility index (Phi) is 4.71. The van der Waals surface area contributed by atoms with Crippen LogP contribution in [-0.4, -0.2) is 9.97 Å². The smallest absolute Gasteiger partial charge is 0.159 e. The molecule has 0 spiro atoms. The van der Waals surface area contributed by atoms with Crippen molar-refractivity contribution in [3.63, 3.8) is 0 Å². The zero-order valence-electron chi connectivity index (χ0n) is 15.7. The van der Waals surface area contributed by atoms with Gasteiger partial charge in [-0.15, -0.1) is 0 Å². The third-order valence-electron chi connectivity index (χ3n) is 4.54. The van der Waals surface area contributed by atoms with Gasteiger partial charge in [-0.2, -0.15) is 0 Å². The molecule has 0 unspecified atom stereocenters. The summed E-state index contributed by atoms with van der Waals surface area (Å²) in [6.07, 6.45) is 1.84. The Morgan fingerprint density at radius 3 is 1.92 bits per heavy atom. The molecular formula is C23H26N2. The minimum absolute atomic E-state index is 0.160. The Morgan fingerprint density at radius 1 is 0.760 bits per heavy atom. The van der Waals surface area contributed by atoms with Gasteiger partial charge in [-0.3, -0.25) is 0 Å². The number of hydrogen-bond acceptors (Lipinski definition) is 2. The van der Waals surface area contributed by atoms with Crippen molar-refractivity contribution in [2.75, 3.05) is 0 Å². The molecule has 0 radical (unpaired) electrons. The molecule has 2 aromatic carbocycles. The Morgan fingerprint density at radius 2 is 1.36 bits per heavy atom. The molecule has 1 aromatic heterocycles. The first-order valence-corrected chi connectivity index (χ1v) is 8.89. The summed E-state index contributed by atoms with van der Waals surface area (Å²) in [6.45, 7) is 11.1. The van der Waals surface area contributed by atoms with Crippen LogP contribution in [0.1, 0.15) is 51.7 Å². The molecule has 0 saturated heterocycles. The molecule has 0 atom stereocenters. The molecule has 128 valence electrons. The number of nitrogens with zero attached hydrogens (tertiary/aromatic N) is 2. The van der Waals surface area contributed by atoms with Crippen molar-refractivity contribution in [3.05, 3.63) is 71.9 Å². The van der Waals surface area contributed by atoms with Gasteiger partial charge in [0.2, 0.25) is 0 Å². The fourth-order valence-corrected chi connectivity index (χ4v) is 2.82. The van der Waals surface area contributed by atoms with Crippen molar-refractivity contribution in [2.24, 2.45) is 0 Å². The second-order valence-electron chi connectivity index (χ2n) is 7.87. The van der Waals surface area contributed by atoms with Gasteiger partial charge in [-0.05, 0) is 28.5 Å². The second kappa shape index (κ2) is 6.79.